The minimum atomic E-state index is -0.0325. The van der Waals surface area contributed by atoms with E-state index in [1.807, 2.05) is 73.9 Å². The van der Waals surface area contributed by atoms with Crippen LogP contribution in [0.2, 0.25) is 5.02 Å². The Morgan fingerprint density at radius 3 is 2.57 bits per heavy atom. The van der Waals surface area contributed by atoms with E-state index >= 15 is 0 Å². The molecular formula is C22H25ClN4O2S. The molecule has 0 aliphatic carbocycles. The van der Waals surface area contributed by atoms with Crippen LogP contribution < -0.4 is 10.1 Å². The van der Waals surface area contributed by atoms with Gasteiger partial charge in [-0.25, -0.2) is 0 Å². The molecule has 0 radical (unpaired) electrons. The molecule has 30 heavy (non-hydrogen) atoms. The van der Waals surface area contributed by atoms with Gasteiger partial charge >= 0.3 is 0 Å². The number of carbonyl (C=O) groups is 1. The summed E-state index contributed by atoms with van der Waals surface area (Å²) in [5.41, 5.74) is 1.64. The molecule has 1 atom stereocenters. The number of thioether (sulfide) groups is 1. The Kier molecular flexibility index (Phi) is 7.76. The molecular weight excluding hydrogens is 420 g/mol. The highest BCUT2D eigenvalue weighted by molar-refractivity contribution is 7.99. The maximum atomic E-state index is 12.3. The van der Waals surface area contributed by atoms with Crippen molar-refractivity contribution in [2.24, 2.45) is 0 Å². The number of aromatic nitrogens is 3. The summed E-state index contributed by atoms with van der Waals surface area (Å²) in [6.07, 6.45) is 0.884. The zero-order valence-electron chi connectivity index (χ0n) is 17.3. The molecule has 1 N–H and O–H groups in total. The number of benzene rings is 2. The third-order valence-electron chi connectivity index (χ3n) is 4.51. The summed E-state index contributed by atoms with van der Waals surface area (Å²) in [5, 5.41) is 12.9. The number of rotatable bonds is 9. The second kappa shape index (κ2) is 10.5. The van der Waals surface area contributed by atoms with Gasteiger partial charge in [-0.15, -0.1) is 10.2 Å². The van der Waals surface area contributed by atoms with Crippen LogP contribution in [0.4, 0.5) is 0 Å². The molecule has 0 aliphatic heterocycles. The molecule has 2 aromatic carbocycles. The van der Waals surface area contributed by atoms with Crippen LogP contribution >= 0.6 is 23.4 Å². The molecule has 1 heterocycles. The van der Waals surface area contributed by atoms with Crippen LogP contribution in [0.3, 0.4) is 0 Å². The highest BCUT2D eigenvalue weighted by atomic mass is 35.5. The Labute approximate surface area is 186 Å². The first-order valence-corrected chi connectivity index (χ1v) is 11.3. The summed E-state index contributed by atoms with van der Waals surface area (Å²) >= 11 is 7.76. The number of nitrogens with zero attached hydrogens (tertiary/aromatic N) is 3. The van der Waals surface area contributed by atoms with E-state index in [2.05, 4.69) is 15.5 Å². The van der Waals surface area contributed by atoms with Crippen molar-refractivity contribution in [2.45, 2.75) is 38.4 Å². The summed E-state index contributed by atoms with van der Waals surface area (Å²) in [6, 6.07) is 15.3. The molecule has 0 fully saturated rings. The molecule has 0 bridgehead atoms. The first-order valence-electron chi connectivity index (χ1n) is 9.89. The maximum Gasteiger partial charge on any atom is 0.230 e. The fourth-order valence-electron chi connectivity index (χ4n) is 2.82. The first-order chi connectivity index (χ1) is 14.5. The minimum Gasteiger partial charge on any atom is -0.494 e. The SMILES string of the molecule is CCOc1ccc(-n2c(SCC(=O)N[C@H](C)CC)nnc2-c2ccccc2Cl)cc1. The molecule has 0 saturated heterocycles. The van der Waals surface area contributed by atoms with Crippen LogP contribution in [0.5, 0.6) is 5.75 Å². The Bertz CT molecular complexity index is 991. The lowest BCUT2D eigenvalue weighted by Gasteiger charge is -2.13. The van der Waals surface area contributed by atoms with Crippen molar-refractivity contribution in [3.8, 4) is 22.8 Å². The van der Waals surface area contributed by atoms with Crippen molar-refractivity contribution in [1.29, 1.82) is 0 Å². The quantitative estimate of drug-likeness (QED) is 0.470. The third kappa shape index (κ3) is 5.34. The lowest BCUT2D eigenvalue weighted by atomic mass is 10.2. The molecule has 6 nitrogen and oxygen atoms in total. The van der Waals surface area contributed by atoms with E-state index in [1.165, 1.54) is 11.8 Å². The zero-order valence-corrected chi connectivity index (χ0v) is 18.8. The second-order valence-corrected chi connectivity index (χ2v) is 8.06. The monoisotopic (exact) mass is 444 g/mol. The van der Waals surface area contributed by atoms with Gasteiger partial charge in [0.05, 0.1) is 17.4 Å². The molecule has 0 saturated carbocycles. The van der Waals surface area contributed by atoms with E-state index < -0.39 is 0 Å². The number of amides is 1. The Balaban J connectivity index is 1.95. The van der Waals surface area contributed by atoms with E-state index in [0.717, 1.165) is 23.4 Å². The highest BCUT2D eigenvalue weighted by Gasteiger charge is 2.19. The Morgan fingerprint density at radius 1 is 1.17 bits per heavy atom. The van der Waals surface area contributed by atoms with Crippen molar-refractivity contribution in [3.63, 3.8) is 0 Å². The van der Waals surface area contributed by atoms with Crippen molar-refractivity contribution >= 4 is 29.3 Å². The van der Waals surface area contributed by atoms with E-state index in [1.54, 1.807) is 0 Å². The van der Waals surface area contributed by atoms with E-state index in [9.17, 15) is 4.79 Å². The number of hydrogen-bond acceptors (Lipinski definition) is 5. The summed E-state index contributed by atoms with van der Waals surface area (Å²) in [7, 11) is 0. The molecule has 0 unspecified atom stereocenters. The molecule has 0 spiro atoms. The van der Waals surface area contributed by atoms with Gasteiger partial charge in [0.2, 0.25) is 5.91 Å². The van der Waals surface area contributed by atoms with Crippen LogP contribution in [0.1, 0.15) is 27.2 Å². The minimum absolute atomic E-state index is 0.0325. The normalized spacial score (nSPS) is 11.9. The van der Waals surface area contributed by atoms with Crippen molar-refractivity contribution in [3.05, 3.63) is 53.6 Å². The number of ether oxygens (including phenoxy) is 1. The van der Waals surface area contributed by atoms with Crippen molar-refractivity contribution < 1.29 is 9.53 Å². The highest BCUT2D eigenvalue weighted by Crippen LogP contribution is 2.32. The smallest absolute Gasteiger partial charge is 0.230 e. The van der Waals surface area contributed by atoms with Crippen LogP contribution in [-0.2, 0) is 4.79 Å². The number of nitrogens with one attached hydrogen (secondary N) is 1. The van der Waals surface area contributed by atoms with Gasteiger partial charge < -0.3 is 10.1 Å². The van der Waals surface area contributed by atoms with Crippen molar-refractivity contribution in [2.75, 3.05) is 12.4 Å². The number of halogens is 1. The van der Waals surface area contributed by atoms with Gasteiger partial charge in [0.1, 0.15) is 5.75 Å². The van der Waals surface area contributed by atoms with Crippen LogP contribution in [-0.4, -0.2) is 39.1 Å². The third-order valence-corrected chi connectivity index (χ3v) is 5.76. The summed E-state index contributed by atoms with van der Waals surface area (Å²) in [5.74, 6) is 1.63. The molecule has 1 amide bonds. The fraction of sp³-hybridized carbons (Fsp3) is 0.318. The standard InChI is InChI=1S/C22H25ClN4O2S/c1-4-15(3)24-20(28)14-30-22-26-25-21(18-8-6-7-9-19(18)23)27(22)16-10-12-17(13-11-16)29-5-2/h6-13,15H,4-5,14H2,1-3H3,(H,24,28)/t15-/m1/s1. The fourth-order valence-corrected chi connectivity index (χ4v) is 3.80. The average Bonchev–Trinajstić information content (AvgIpc) is 3.17. The van der Waals surface area contributed by atoms with Gasteiger partial charge in [0.25, 0.3) is 0 Å². The number of hydrogen-bond donors (Lipinski definition) is 1. The van der Waals surface area contributed by atoms with Crippen molar-refractivity contribution in [1.82, 2.24) is 20.1 Å². The largest absolute Gasteiger partial charge is 0.494 e. The van der Waals surface area contributed by atoms with Gasteiger partial charge in [0.15, 0.2) is 11.0 Å². The molecule has 8 heteroatoms. The lowest BCUT2D eigenvalue weighted by molar-refractivity contribution is -0.119. The second-order valence-electron chi connectivity index (χ2n) is 6.71. The summed E-state index contributed by atoms with van der Waals surface area (Å²) < 4.78 is 7.46. The van der Waals surface area contributed by atoms with Gasteiger partial charge in [-0.2, -0.15) is 0 Å². The maximum absolute atomic E-state index is 12.3. The zero-order chi connectivity index (χ0) is 21.5. The molecule has 158 valence electrons. The Morgan fingerprint density at radius 2 is 1.90 bits per heavy atom. The van der Waals surface area contributed by atoms with Gasteiger partial charge in [-0.1, -0.05) is 42.4 Å². The molecule has 3 aromatic rings. The lowest BCUT2D eigenvalue weighted by Crippen LogP contribution is -2.33. The van der Waals surface area contributed by atoms with Crippen LogP contribution in [0.15, 0.2) is 53.7 Å². The summed E-state index contributed by atoms with van der Waals surface area (Å²) in [6.45, 7) is 6.57. The van der Waals surface area contributed by atoms with Gasteiger partial charge in [-0.05, 0) is 56.7 Å². The number of carbonyl (C=O) groups excluding carboxylic acids is 1. The molecule has 1 aromatic heterocycles. The van der Waals surface area contributed by atoms with E-state index in [4.69, 9.17) is 16.3 Å². The molecule has 0 aliphatic rings. The predicted octanol–water partition coefficient (Wildman–Crippen LogP) is 4.99. The van der Waals surface area contributed by atoms with Crippen LogP contribution in [0.25, 0.3) is 17.1 Å². The predicted molar refractivity (Wildman–Crippen MR) is 122 cm³/mol. The molecule has 3 rings (SSSR count). The Hall–Kier alpha value is -2.51. The van der Waals surface area contributed by atoms with Gasteiger partial charge in [-0.3, -0.25) is 9.36 Å². The topological polar surface area (TPSA) is 69.0 Å². The first kappa shape index (κ1) is 22.2. The average molecular weight is 445 g/mol. The van der Waals surface area contributed by atoms with E-state index in [-0.39, 0.29) is 17.7 Å². The summed E-state index contributed by atoms with van der Waals surface area (Å²) in [4.78, 5) is 12.3. The van der Waals surface area contributed by atoms with Crippen LogP contribution in [0, 0.1) is 0 Å². The van der Waals surface area contributed by atoms with Gasteiger partial charge in [0, 0.05) is 17.3 Å². The van der Waals surface area contributed by atoms with E-state index in [0.29, 0.717) is 22.6 Å².